The third kappa shape index (κ3) is 8.72. The summed E-state index contributed by atoms with van der Waals surface area (Å²) in [5.74, 6) is 0. The third-order valence-electron chi connectivity index (χ3n) is 1.98. The lowest BCUT2D eigenvalue weighted by Crippen LogP contribution is -2.31. The maximum absolute atomic E-state index is 5.38. The number of alkyl halides is 1. The molecule has 0 bridgehead atoms. The van der Waals surface area contributed by atoms with Gasteiger partial charge in [-0.05, 0) is 19.3 Å². The number of nitrogens with one attached hydrogen (secondary N) is 1. The van der Waals surface area contributed by atoms with E-state index in [0.29, 0.717) is 6.04 Å². The highest BCUT2D eigenvalue weighted by Crippen LogP contribution is 1.99. The van der Waals surface area contributed by atoms with Crippen molar-refractivity contribution >= 4 is 15.9 Å². The highest BCUT2D eigenvalue weighted by atomic mass is 79.9. The van der Waals surface area contributed by atoms with E-state index in [1.807, 2.05) is 0 Å². The van der Waals surface area contributed by atoms with Crippen LogP contribution in [0.15, 0.2) is 0 Å². The van der Waals surface area contributed by atoms with Crippen LogP contribution in [-0.4, -0.2) is 31.1 Å². The monoisotopic (exact) mass is 251 g/mol. The van der Waals surface area contributed by atoms with E-state index < -0.39 is 0 Å². The first-order valence-corrected chi connectivity index (χ1v) is 6.34. The van der Waals surface area contributed by atoms with Crippen LogP contribution in [0.1, 0.15) is 33.1 Å². The number of hydrogen-bond acceptors (Lipinski definition) is 2. The number of ether oxygens (including phenoxy) is 1. The van der Waals surface area contributed by atoms with Crippen LogP contribution >= 0.6 is 15.9 Å². The molecule has 3 heteroatoms. The summed E-state index contributed by atoms with van der Waals surface area (Å²) in [7, 11) is 0. The third-order valence-corrected chi connectivity index (χ3v) is 2.44. The predicted molar refractivity (Wildman–Crippen MR) is 61.6 cm³/mol. The Labute approximate surface area is 90.6 Å². The first-order chi connectivity index (χ1) is 6.35. The zero-order chi connectivity index (χ0) is 9.94. The molecule has 0 spiro atoms. The number of halogens is 1. The van der Waals surface area contributed by atoms with Gasteiger partial charge in [-0.25, -0.2) is 0 Å². The molecule has 0 fully saturated rings. The smallest absolute Gasteiger partial charge is 0.0590 e. The number of rotatable bonds is 9. The van der Waals surface area contributed by atoms with Crippen LogP contribution in [0, 0.1) is 0 Å². The Bertz CT molecular complexity index is 101. The van der Waals surface area contributed by atoms with E-state index in [9.17, 15) is 0 Å². The Morgan fingerprint density at radius 1 is 1.31 bits per heavy atom. The Balaban J connectivity index is 3.17. The van der Waals surface area contributed by atoms with Gasteiger partial charge in [0.1, 0.15) is 0 Å². The van der Waals surface area contributed by atoms with Crippen molar-refractivity contribution in [2.75, 3.05) is 25.1 Å². The average molecular weight is 252 g/mol. The second-order valence-corrected chi connectivity index (χ2v) is 3.94. The van der Waals surface area contributed by atoms with Crippen LogP contribution in [0.5, 0.6) is 0 Å². The predicted octanol–water partition coefficient (Wildman–Crippen LogP) is 2.57. The van der Waals surface area contributed by atoms with Crippen molar-refractivity contribution in [3.05, 3.63) is 0 Å². The lowest BCUT2D eigenvalue weighted by molar-refractivity contribution is 0.134. The summed E-state index contributed by atoms with van der Waals surface area (Å²) in [4.78, 5) is 0. The summed E-state index contributed by atoms with van der Waals surface area (Å²) in [6.07, 6.45) is 3.50. The topological polar surface area (TPSA) is 21.3 Å². The Kier molecular flexibility index (Phi) is 10.8. The summed E-state index contributed by atoms with van der Waals surface area (Å²) in [5.41, 5.74) is 0. The largest absolute Gasteiger partial charge is 0.380 e. The maximum atomic E-state index is 5.38. The molecule has 0 aliphatic rings. The lowest BCUT2D eigenvalue weighted by atomic mass is 10.2. The van der Waals surface area contributed by atoms with Crippen LogP contribution in [0.4, 0.5) is 0 Å². The fourth-order valence-corrected chi connectivity index (χ4v) is 1.72. The molecular weight excluding hydrogens is 230 g/mol. The molecule has 80 valence electrons. The zero-order valence-electron chi connectivity index (χ0n) is 8.81. The van der Waals surface area contributed by atoms with Gasteiger partial charge in [-0.3, -0.25) is 0 Å². The fraction of sp³-hybridized carbons (Fsp3) is 1.00. The first-order valence-electron chi connectivity index (χ1n) is 5.22. The molecule has 0 aromatic heterocycles. The minimum absolute atomic E-state index is 0.643. The van der Waals surface area contributed by atoms with Gasteiger partial charge in [-0.15, -0.1) is 0 Å². The molecule has 0 amide bonds. The number of hydrogen-bond donors (Lipinski definition) is 1. The lowest BCUT2D eigenvalue weighted by Gasteiger charge is -2.15. The van der Waals surface area contributed by atoms with E-state index in [1.165, 1.54) is 12.8 Å². The van der Waals surface area contributed by atoms with Crippen LogP contribution < -0.4 is 5.32 Å². The quantitative estimate of drug-likeness (QED) is 0.503. The molecule has 0 saturated heterocycles. The van der Waals surface area contributed by atoms with Crippen molar-refractivity contribution in [2.45, 2.75) is 39.2 Å². The summed E-state index contributed by atoms with van der Waals surface area (Å²) < 4.78 is 5.38. The van der Waals surface area contributed by atoms with Gasteiger partial charge in [0.2, 0.25) is 0 Å². The molecule has 1 N–H and O–H groups in total. The van der Waals surface area contributed by atoms with Crippen molar-refractivity contribution in [2.24, 2.45) is 0 Å². The van der Waals surface area contributed by atoms with Crippen molar-refractivity contribution in [3.63, 3.8) is 0 Å². The summed E-state index contributed by atoms with van der Waals surface area (Å²) in [6.45, 7) is 7.05. The van der Waals surface area contributed by atoms with Crippen LogP contribution in [-0.2, 0) is 4.74 Å². The standard InChI is InChI=1S/C10H22BrNO/c1-3-8-13-9-7-12-10(4-2)5-6-11/h10,12H,3-9H2,1-2H3. The maximum Gasteiger partial charge on any atom is 0.0590 e. The van der Waals surface area contributed by atoms with Gasteiger partial charge in [0.15, 0.2) is 0 Å². The summed E-state index contributed by atoms with van der Waals surface area (Å²) >= 11 is 3.45. The molecule has 13 heavy (non-hydrogen) atoms. The summed E-state index contributed by atoms with van der Waals surface area (Å²) in [5, 5.41) is 4.55. The molecule has 1 atom stereocenters. The Morgan fingerprint density at radius 2 is 2.08 bits per heavy atom. The molecular formula is C10H22BrNO. The second kappa shape index (κ2) is 10.5. The normalized spacial score (nSPS) is 13.2. The van der Waals surface area contributed by atoms with Crippen molar-refractivity contribution < 1.29 is 4.74 Å². The molecule has 0 heterocycles. The van der Waals surface area contributed by atoms with Gasteiger partial charge >= 0.3 is 0 Å². The van der Waals surface area contributed by atoms with Gasteiger partial charge in [0.25, 0.3) is 0 Å². The minimum Gasteiger partial charge on any atom is -0.380 e. The molecule has 0 aromatic carbocycles. The zero-order valence-corrected chi connectivity index (χ0v) is 10.4. The summed E-state index contributed by atoms with van der Waals surface area (Å²) in [6, 6.07) is 0.643. The van der Waals surface area contributed by atoms with Crippen LogP contribution in [0.25, 0.3) is 0 Å². The van der Waals surface area contributed by atoms with Crippen LogP contribution in [0.2, 0.25) is 0 Å². The molecule has 0 aliphatic carbocycles. The van der Waals surface area contributed by atoms with Gasteiger partial charge in [0.05, 0.1) is 6.61 Å². The molecule has 0 saturated carbocycles. The first kappa shape index (κ1) is 13.4. The molecule has 0 aliphatic heterocycles. The van der Waals surface area contributed by atoms with Gasteiger partial charge < -0.3 is 10.1 Å². The van der Waals surface area contributed by atoms with Gasteiger partial charge in [-0.1, -0.05) is 29.8 Å². The Hall–Kier alpha value is 0.400. The minimum atomic E-state index is 0.643. The van der Waals surface area contributed by atoms with E-state index in [-0.39, 0.29) is 0 Å². The van der Waals surface area contributed by atoms with Gasteiger partial charge in [0, 0.05) is 24.5 Å². The van der Waals surface area contributed by atoms with Crippen molar-refractivity contribution in [3.8, 4) is 0 Å². The van der Waals surface area contributed by atoms with Crippen molar-refractivity contribution in [1.29, 1.82) is 0 Å². The van der Waals surface area contributed by atoms with E-state index >= 15 is 0 Å². The fourth-order valence-electron chi connectivity index (χ4n) is 1.16. The van der Waals surface area contributed by atoms with Crippen LogP contribution in [0.3, 0.4) is 0 Å². The van der Waals surface area contributed by atoms with E-state index in [2.05, 4.69) is 35.1 Å². The molecule has 0 rings (SSSR count). The molecule has 0 radical (unpaired) electrons. The highest BCUT2D eigenvalue weighted by molar-refractivity contribution is 9.09. The SMILES string of the molecule is CCCOCCNC(CC)CCBr. The average Bonchev–Trinajstić information content (AvgIpc) is 2.16. The molecule has 1 unspecified atom stereocenters. The highest BCUT2D eigenvalue weighted by Gasteiger charge is 2.02. The van der Waals surface area contributed by atoms with Gasteiger partial charge in [-0.2, -0.15) is 0 Å². The van der Waals surface area contributed by atoms with E-state index in [0.717, 1.165) is 31.5 Å². The van der Waals surface area contributed by atoms with E-state index in [4.69, 9.17) is 4.74 Å². The molecule has 2 nitrogen and oxygen atoms in total. The second-order valence-electron chi connectivity index (χ2n) is 3.15. The molecule has 0 aromatic rings. The van der Waals surface area contributed by atoms with Crippen molar-refractivity contribution in [1.82, 2.24) is 5.32 Å². The van der Waals surface area contributed by atoms with E-state index in [1.54, 1.807) is 0 Å². The Morgan fingerprint density at radius 3 is 2.62 bits per heavy atom.